The van der Waals surface area contributed by atoms with Gasteiger partial charge in [0.05, 0.1) is 11.5 Å². The second-order valence-corrected chi connectivity index (χ2v) is 6.98. The SMILES string of the molecule is CCC[C@@H]1N(C(=O)c2ccn(C(F)F)n2)CC[C@]12C(=O)Nc1ccccc12. The summed E-state index contributed by atoms with van der Waals surface area (Å²) >= 11 is 0. The third-order valence-electron chi connectivity index (χ3n) is 5.60. The summed E-state index contributed by atoms with van der Waals surface area (Å²) in [5.74, 6) is -0.516. The van der Waals surface area contributed by atoms with Gasteiger partial charge in [-0.25, -0.2) is 4.68 Å². The van der Waals surface area contributed by atoms with E-state index in [0.717, 1.165) is 23.9 Å². The van der Waals surface area contributed by atoms with Crippen LogP contribution in [-0.4, -0.2) is 39.1 Å². The van der Waals surface area contributed by atoms with Gasteiger partial charge in [0.25, 0.3) is 5.91 Å². The molecule has 3 heterocycles. The largest absolute Gasteiger partial charge is 0.333 e. The summed E-state index contributed by atoms with van der Waals surface area (Å²) < 4.78 is 26.1. The number of alkyl halides is 2. The summed E-state index contributed by atoms with van der Waals surface area (Å²) in [6.45, 7) is -0.415. The number of hydrogen-bond acceptors (Lipinski definition) is 3. The first-order chi connectivity index (χ1) is 13.0. The fraction of sp³-hybridized carbons (Fsp3) is 0.421. The van der Waals surface area contributed by atoms with Crippen LogP contribution in [0.25, 0.3) is 0 Å². The van der Waals surface area contributed by atoms with Gasteiger partial charge in [-0.1, -0.05) is 31.5 Å². The van der Waals surface area contributed by atoms with E-state index in [2.05, 4.69) is 10.4 Å². The maximum absolute atomic E-state index is 13.0. The second kappa shape index (κ2) is 6.44. The molecule has 142 valence electrons. The molecule has 2 aromatic rings. The Hall–Kier alpha value is -2.77. The molecule has 27 heavy (non-hydrogen) atoms. The number of carbonyl (C=O) groups is 2. The number of rotatable bonds is 4. The van der Waals surface area contributed by atoms with Crippen molar-refractivity contribution < 1.29 is 18.4 Å². The molecule has 0 saturated carbocycles. The van der Waals surface area contributed by atoms with Crippen molar-refractivity contribution in [3.63, 3.8) is 0 Å². The van der Waals surface area contributed by atoms with Gasteiger partial charge in [0.15, 0.2) is 5.69 Å². The van der Waals surface area contributed by atoms with E-state index in [1.807, 2.05) is 31.2 Å². The zero-order chi connectivity index (χ0) is 19.2. The zero-order valence-corrected chi connectivity index (χ0v) is 14.9. The Bertz CT molecular complexity index is 897. The predicted octanol–water partition coefficient (Wildman–Crippen LogP) is 3.18. The average Bonchev–Trinajstić information content (AvgIpc) is 3.34. The number of nitrogens with zero attached hydrogens (tertiary/aromatic N) is 3. The standard InChI is InChI=1S/C19H20F2N4O2/c1-2-5-15-19(12-6-3-4-7-13(12)22-17(19)27)9-11-24(15)16(26)14-8-10-25(23-14)18(20)21/h3-4,6-8,10,15,18H,2,5,9,11H2,1H3,(H,22,27)/t15-,19+/m0/s1. The molecule has 8 heteroatoms. The highest BCUT2D eigenvalue weighted by atomic mass is 19.3. The van der Waals surface area contributed by atoms with Gasteiger partial charge in [-0.3, -0.25) is 9.59 Å². The maximum Gasteiger partial charge on any atom is 0.333 e. The third-order valence-corrected chi connectivity index (χ3v) is 5.60. The van der Waals surface area contributed by atoms with Crippen molar-refractivity contribution in [3.8, 4) is 0 Å². The molecule has 1 spiro atoms. The van der Waals surface area contributed by atoms with Crippen LogP contribution in [0.1, 0.15) is 48.8 Å². The normalized spacial score (nSPS) is 23.9. The Labute approximate surface area is 155 Å². The number of nitrogens with one attached hydrogen (secondary N) is 1. The summed E-state index contributed by atoms with van der Waals surface area (Å²) in [5, 5.41) is 6.64. The number of benzene rings is 1. The van der Waals surface area contributed by atoms with Crippen molar-refractivity contribution in [2.75, 3.05) is 11.9 Å². The van der Waals surface area contributed by atoms with Crippen LogP contribution in [0.4, 0.5) is 14.5 Å². The van der Waals surface area contributed by atoms with Crippen molar-refractivity contribution in [3.05, 3.63) is 47.8 Å². The van der Waals surface area contributed by atoms with Gasteiger partial charge >= 0.3 is 6.55 Å². The van der Waals surface area contributed by atoms with E-state index in [0.29, 0.717) is 24.1 Å². The van der Waals surface area contributed by atoms with Gasteiger partial charge in [0.2, 0.25) is 5.91 Å². The molecular weight excluding hydrogens is 354 g/mol. The highest BCUT2D eigenvalue weighted by Gasteiger charge is 2.58. The molecule has 2 aliphatic heterocycles. The molecule has 1 aromatic carbocycles. The number of halogens is 2. The summed E-state index contributed by atoms with van der Waals surface area (Å²) in [7, 11) is 0. The maximum atomic E-state index is 13.0. The van der Waals surface area contributed by atoms with Crippen molar-refractivity contribution in [1.29, 1.82) is 0 Å². The van der Waals surface area contributed by atoms with Gasteiger partial charge in [-0.2, -0.15) is 13.9 Å². The number of likely N-dealkylation sites (tertiary alicyclic amines) is 1. The van der Waals surface area contributed by atoms with Crippen LogP contribution in [0.2, 0.25) is 0 Å². The summed E-state index contributed by atoms with van der Waals surface area (Å²) in [5.41, 5.74) is 0.856. The van der Waals surface area contributed by atoms with E-state index in [1.54, 1.807) is 4.90 Å². The van der Waals surface area contributed by atoms with Crippen molar-refractivity contribution in [1.82, 2.24) is 14.7 Å². The van der Waals surface area contributed by atoms with E-state index in [9.17, 15) is 18.4 Å². The van der Waals surface area contributed by atoms with Crippen LogP contribution < -0.4 is 5.32 Å². The zero-order valence-electron chi connectivity index (χ0n) is 14.9. The fourth-order valence-corrected chi connectivity index (χ4v) is 4.43. The molecule has 2 aliphatic rings. The first-order valence-electron chi connectivity index (χ1n) is 9.04. The van der Waals surface area contributed by atoms with Gasteiger partial charge < -0.3 is 10.2 Å². The number of fused-ring (bicyclic) bond motifs is 2. The lowest BCUT2D eigenvalue weighted by Gasteiger charge is -2.33. The number of carbonyl (C=O) groups excluding carboxylic acids is 2. The van der Waals surface area contributed by atoms with Crippen LogP contribution in [0, 0.1) is 0 Å². The Morgan fingerprint density at radius 2 is 2.15 bits per heavy atom. The molecule has 1 aromatic heterocycles. The number of hydrogen-bond donors (Lipinski definition) is 1. The van der Waals surface area contributed by atoms with Crippen LogP contribution >= 0.6 is 0 Å². The molecule has 0 radical (unpaired) electrons. The van der Waals surface area contributed by atoms with Crippen molar-refractivity contribution in [2.24, 2.45) is 0 Å². The molecule has 4 rings (SSSR count). The Balaban J connectivity index is 1.71. The fourth-order valence-electron chi connectivity index (χ4n) is 4.43. The lowest BCUT2D eigenvalue weighted by molar-refractivity contribution is -0.121. The molecule has 0 bridgehead atoms. The molecule has 0 unspecified atom stereocenters. The lowest BCUT2D eigenvalue weighted by Crippen LogP contribution is -2.48. The molecule has 2 amide bonds. The average molecular weight is 374 g/mol. The Kier molecular flexibility index (Phi) is 4.20. The highest BCUT2D eigenvalue weighted by Crippen LogP contribution is 2.49. The molecule has 6 nitrogen and oxygen atoms in total. The quantitative estimate of drug-likeness (QED) is 0.894. The van der Waals surface area contributed by atoms with Crippen LogP contribution in [0.3, 0.4) is 0 Å². The molecule has 2 atom stereocenters. The van der Waals surface area contributed by atoms with Crippen LogP contribution in [-0.2, 0) is 10.2 Å². The highest BCUT2D eigenvalue weighted by molar-refractivity contribution is 6.08. The summed E-state index contributed by atoms with van der Waals surface area (Å²) in [6.07, 6.45) is 3.03. The molecule has 0 aliphatic carbocycles. The van der Waals surface area contributed by atoms with E-state index in [1.165, 1.54) is 6.07 Å². The minimum absolute atomic E-state index is 0.0276. The number of anilines is 1. The van der Waals surface area contributed by atoms with Crippen LogP contribution in [0.15, 0.2) is 36.5 Å². The summed E-state index contributed by atoms with van der Waals surface area (Å²) in [6, 6.07) is 8.50. The van der Waals surface area contributed by atoms with Gasteiger partial charge in [-0.05, 0) is 30.5 Å². The molecular formula is C19H20F2N4O2. The molecule has 1 N–H and O–H groups in total. The summed E-state index contributed by atoms with van der Waals surface area (Å²) in [4.78, 5) is 27.6. The third kappa shape index (κ3) is 2.54. The topological polar surface area (TPSA) is 67.2 Å². The first kappa shape index (κ1) is 17.6. The minimum atomic E-state index is -2.80. The first-order valence-corrected chi connectivity index (χ1v) is 9.04. The Morgan fingerprint density at radius 1 is 1.37 bits per heavy atom. The van der Waals surface area contributed by atoms with Gasteiger partial charge in [0, 0.05) is 18.4 Å². The monoisotopic (exact) mass is 374 g/mol. The van der Waals surface area contributed by atoms with E-state index in [4.69, 9.17) is 0 Å². The predicted molar refractivity (Wildman–Crippen MR) is 94.6 cm³/mol. The molecule has 1 fully saturated rings. The minimum Gasteiger partial charge on any atom is -0.333 e. The van der Waals surface area contributed by atoms with Crippen LogP contribution in [0.5, 0.6) is 0 Å². The Morgan fingerprint density at radius 3 is 2.85 bits per heavy atom. The smallest absolute Gasteiger partial charge is 0.333 e. The van der Waals surface area contributed by atoms with Crippen molar-refractivity contribution >= 4 is 17.5 Å². The van der Waals surface area contributed by atoms with E-state index in [-0.39, 0.29) is 17.6 Å². The lowest BCUT2D eigenvalue weighted by atomic mass is 9.73. The molecule has 1 saturated heterocycles. The van der Waals surface area contributed by atoms with E-state index < -0.39 is 17.9 Å². The van der Waals surface area contributed by atoms with Gasteiger partial charge in [0.1, 0.15) is 0 Å². The number of aromatic nitrogens is 2. The van der Waals surface area contributed by atoms with Crippen molar-refractivity contribution in [2.45, 2.75) is 44.2 Å². The van der Waals surface area contributed by atoms with E-state index >= 15 is 0 Å². The second-order valence-electron chi connectivity index (χ2n) is 6.98. The van der Waals surface area contributed by atoms with Gasteiger partial charge in [-0.15, -0.1) is 0 Å². The number of para-hydroxylation sites is 1. The number of amides is 2.